The van der Waals surface area contributed by atoms with E-state index in [1.165, 1.54) is 18.7 Å². The summed E-state index contributed by atoms with van der Waals surface area (Å²) in [5.74, 6) is 0.429. The zero-order chi connectivity index (χ0) is 17.9. The third-order valence-electron chi connectivity index (χ3n) is 4.62. The topological polar surface area (TPSA) is 87.7 Å². The number of hydrogen-bond acceptors (Lipinski definition) is 5. The summed E-state index contributed by atoms with van der Waals surface area (Å²) in [6, 6.07) is 9.57. The summed E-state index contributed by atoms with van der Waals surface area (Å²) in [7, 11) is 0. The molecule has 1 aliphatic heterocycles. The summed E-state index contributed by atoms with van der Waals surface area (Å²) in [6.45, 7) is 0.184. The van der Waals surface area contributed by atoms with Gasteiger partial charge >= 0.3 is 0 Å². The third-order valence-corrected chi connectivity index (χ3v) is 4.62. The van der Waals surface area contributed by atoms with Crippen LogP contribution in [0.25, 0.3) is 11.4 Å². The summed E-state index contributed by atoms with van der Waals surface area (Å²) < 4.78 is 13.6. The highest BCUT2D eigenvalue weighted by Crippen LogP contribution is 2.32. The first kappa shape index (κ1) is 16.3. The second-order valence-corrected chi connectivity index (χ2v) is 6.27. The molecule has 8 heteroatoms. The number of hydrogen-bond donors (Lipinski definition) is 1. The summed E-state index contributed by atoms with van der Waals surface area (Å²) in [4.78, 5) is 26.5. The minimum atomic E-state index is -0.527. The van der Waals surface area contributed by atoms with E-state index >= 15 is 0 Å². The van der Waals surface area contributed by atoms with E-state index < -0.39 is 6.67 Å². The number of amides is 1. The maximum Gasteiger partial charge on any atom is 0.257 e. The maximum absolute atomic E-state index is 13.6. The number of aromatic amines is 1. The fourth-order valence-corrected chi connectivity index (χ4v) is 3.25. The molecule has 3 aromatic rings. The smallest absolute Gasteiger partial charge is 0.257 e. The van der Waals surface area contributed by atoms with Crippen molar-refractivity contribution < 1.29 is 9.18 Å². The minimum Gasteiger partial charge on any atom is -0.337 e. The molecule has 1 aromatic carbocycles. The van der Waals surface area contributed by atoms with Gasteiger partial charge in [-0.05, 0) is 0 Å². The van der Waals surface area contributed by atoms with Crippen molar-refractivity contribution in [3.05, 3.63) is 60.4 Å². The zero-order valence-corrected chi connectivity index (χ0v) is 13.9. The Morgan fingerprint density at radius 3 is 2.69 bits per heavy atom. The van der Waals surface area contributed by atoms with Crippen molar-refractivity contribution in [1.82, 2.24) is 30.0 Å². The van der Waals surface area contributed by atoms with Crippen LogP contribution < -0.4 is 0 Å². The van der Waals surface area contributed by atoms with Gasteiger partial charge in [0.2, 0.25) is 0 Å². The van der Waals surface area contributed by atoms with E-state index in [0.29, 0.717) is 30.3 Å². The van der Waals surface area contributed by atoms with Gasteiger partial charge in [-0.3, -0.25) is 14.3 Å². The van der Waals surface area contributed by atoms with Gasteiger partial charge in [-0.1, -0.05) is 30.3 Å². The normalized spacial score (nSPS) is 19.7. The largest absolute Gasteiger partial charge is 0.337 e. The molecule has 1 amide bonds. The number of nitrogens with zero attached hydrogens (tertiary/aromatic N) is 5. The van der Waals surface area contributed by atoms with Crippen molar-refractivity contribution in [3.8, 4) is 11.4 Å². The van der Waals surface area contributed by atoms with E-state index in [-0.39, 0.29) is 17.7 Å². The SMILES string of the molecule is O=C(c1cncnc1)N1C[C@@H](CF)[C@H](c2nc(-c3ccccc3)n[nH]2)C1. The molecule has 132 valence electrons. The quantitative estimate of drug-likeness (QED) is 0.777. The van der Waals surface area contributed by atoms with Crippen LogP contribution in [0.3, 0.4) is 0 Å². The van der Waals surface area contributed by atoms with Crippen LogP contribution in [0.4, 0.5) is 4.39 Å². The molecule has 0 bridgehead atoms. The van der Waals surface area contributed by atoms with Crippen molar-refractivity contribution in [2.45, 2.75) is 5.92 Å². The molecule has 1 N–H and O–H groups in total. The van der Waals surface area contributed by atoms with Gasteiger partial charge in [0, 0.05) is 42.9 Å². The van der Waals surface area contributed by atoms with Gasteiger partial charge in [0.1, 0.15) is 12.2 Å². The van der Waals surface area contributed by atoms with Gasteiger partial charge in [0.25, 0.3) is 5.91 Å². The molecular formula is C18H17FN6O. The first-order valence-corrected chi connectivity index (χ1v) is 8.34. The van der Waals surface area contributed by atoms with Crippen molar-refractivity contribution in [1.29, 1.82) is 0 Å². The Bertz CT molecular complexity index is 885. The number of carbonyl (C=O) groups excluding carboxylic acids is 1. The molecule has 0 saturated carbocycles. The minimum absolute atomic E-state index is 0.200. The van der Waals surface area contributed by atoms with Crippen LogP contribution in [0.1, 0.15) is 22.1 Å². The highest BCUT2D eigenvalue weighted by atomic mass is 19.1. The van der Waals surface area contributed by atoms with Crippen molar-refractivity contribution in [3.63, 3.8) is 0 Å². The molecular weight excluding hydrogens is 335 g/mol. The van der Waals surface area contributed by atoms with Gasteiger partial charge in [-0.25, -0.2) is 15.0 Å². The Morgan fingerprint density at radius 1 is 1.19 bits per heavy atom. The van der Waals surface area contributed by atoms with E-state index in [4.69, 9.17) is 0 Å². The van der Waals surface area contributed by atoms with Crippen LogP contribution in [0.15, 0.2) is 49.1 Å². The number of rotatable bonds is 4. The van der Waals surface area contributed by atoms with Gasteiger partial charge in [0.15, 0.2) is 5.82 Å². The molecule has 7 nitrogen and oxygen atoms in total. The van der Waals surface area contributed by atoms with Gasteiger partial charge in [-0.15, -0.1) is 0 Å². The summed E-state index contributed by atoms with van der Waals surface area (Å²) in [5, 5.41) is 7.17. The van der Waals surface area contributed by atoms with Crippen LogP contribution in [0.2, 0.25) is 0 Å². The fraction of sp³-hybridized carbons (Fsp3) is 0.278. The summed E-state index contributed by atoms with van der Waals surface area (Å²) >= 11 is 0. The predicted molar refractivity (Wildman–Crippen MR) is 92.0 cm³/mol. The van der Waals surface area contributed by atoms with Crippen LogP contribution in [0, 0.1) is 5.92 Å². The second kappa shape index (κ2) is 6.99. The first-order valence-electron chi connectivity index (χ1n) is 8.34. The number of nitrogens with one attached hydrogen (secondary N) is 1. The standard InChI is InChI=1S/C18H17FN6O/c19-6-13-9-25(18(26)14-7-20-11-21-8-14)10-15(13)17-22-16(23-24-17)12-4-2-1-3-5-12/h1-5,7-8,11,13,15H,6,9-10H2,(H,22,23,24)/t13-,15-/m1/s1. The molecule has 1 fully saturated rings. The lowest BCUT2D eigenvalue weighted by molar-refractivity contribution is 0.0783. The van der Waals surface area contributed by atoms with Gasteiger partial charge in [0.05, 0.1) is 12.2 Å². The average Bonchev–Trinajstić information content (AvgIpc) is 3.35. The molecule has 0 spiro atoms. The Balaban J connectivity index is 1.55. The molecule has 0 unspecified atom stereocenters. The van der Waals surface area contributed by atoms with Crippen LogP contribution in [-0.4, -0.2) is 55.7 Å². The summed E-state index contributed by atoms with van der Waals surface area (Å²) in [5.41, 5.74) is 1.28. The van der Waals surface area contributed by atoms with Crippen LogP contribution in [-0.2, 0) is 0 Å². The van der Waals surface area contributed by atoms with Crippen LogP contribution in [0.5, 0.6) is 0 Å². The lowest BCUT2D eigenvalue weighted by Gasteiger charge is -2.15. The molecule has 26 heavy (non-hydrogen) atoms. The molecule has 1 aliphatic rings. The van der Waals surface area contributed by atoms with E-state index in [1.807, 2.05) is 30.3 Å². The molecule has 2 aromatic heterocycles. The first-order chi connectivity index (χ1) is 12.8. The number of carbonyl (C=O) groups is 1. The number of aromatic nitrogens is 5. The molecule has 0 aliphatic carbocycles. The lowest BCUT2D eigenvalue weighted by Crippen LogP contribution is -2.29. The van der Waals surface area contributed by atoms with Crippen molar-refractivity contribution in [2.24, 2.45) is 5.92 Å². The Hall–Kier alpha value is -3.16. The van der Waals surface area contributed by atoms with Gasteiger partial charge in [-0.2, -0.15) is 5.10 Å². The van der Waals surface area contributed by atoms with E-state index in [1.54, 1.807) is 4.90 Å². The molecule has 0 radical (unpaired) electrons. The predicted octanol–water partition coefficient (Wildman–Crippen LogP) is 2.09. The number of likely N-dealkylation sites (tertiary alicyclic amines) is 1. The monoisotopic (exact) mass is 352 g/mol. The number of alkyl halides is 1. The Kier molecular flexibility index (Phi) is 4.39. The van der Waals surface area contributed by atoms with Crippen molar-refractivity contribution >= 4 is 5.91 Å². The molecule has 2 atom stereocenters. The zero-order valence-electron chi connectivity index (χ0n) is 13.9. The number of halogens is 1. The highest BCUT2D eigenvalue weighted by Gasteiger charge is 2.38. The second-order valence-electron chi connectivity index (χ2n) is 6.27. The van der Waals surface area contributed by atoms with Gasteiger partial charge < -0.3 is 4.90 Å². The Morgan fingerprint density at radius 2 is 1.96 bits per heavy atom. The van der Waals surface area contributed by atoms with Crippen molar-refractivity contribution in [2.75, 3.05) is 19.8 Å². The third kappa shape index (κ3) is 3.05. The van der Waals surface area contributed by atoms with E-state index in [0.717, 1.165) is 5.56 Å². The molecule has 1 saturated heterocycles. The number of benzene rings is 1. The lowest BCUT2D eigenvalue weighted by atomic mass is 9.97. The highest BCUT2D eigenvalue weighted by molar-refractivity contribution is 5.93. The molecule has 4 rings (SSSR count). The maximum atomic E-state index is 13.6. The van der Waals surface area contributed by atoms with E-state index in [9.17, 15) is 9.18 Å². The number of H-pyrrole nitrogens is 1. The molecule has 3 heterocycles. The summed E-state index contributed by atoms with van der Waals surface area (Å²) in [6.07, 6.45) is 4.30. The van der Waals surface area contributed by atoms with E-state index in [2.05, 4.69) is 25.1 Å². The Labute approximate surface area is 149 Å². The van der Waals surface area contributed by atoms with Crippen LogP contribution >= 0.6 is 0 Å². The fourth-order valence-electron chi connectivity index (χ4n) is 3.25. The average molecular weight is 352 g/mol.